The fourth-order valence-corrected chi connectivity index (χ4v) is 4.37. The highest BCUT2D eigenvalue weighted by Crippen LogP contribution is 2.37. The Hall–Kier alpha value is -4.15. The first-order valence-electron chi connectivity index (χ1n) is 11.7. The summed E-state index contributed by atoms with van der Waals surface area (Å²) in [4.78, 5) is 45.6. The smallest absolute Gasteiger partial charge is 0.356 e. The fourth-order valence-electron chi connectivity index (χ4n) is 4.37. The lowest BCUT2D eigenvalue weighted by Gasteiger charge is -2.33. The van der Waals surface area contributed by atoms with Crippen LogP contribution in [0.3, 0.4) is 0 Å². The molecule has 0 aliphatic carbocycles. The lowest BCUT2D eigenvalue weighted by atomic mass is 9.94. The normalized spacial score (nSPS) is 17.5. The molecule has 0 spiro atoms. The lowest BCUT2D eigenvalue weighted by Crippen LogP contribution is -2.47. The zero-order valence-corrected chi connectivity index (χ0v) is 19.9. The monoisotopic (exact) mass is 513 g/mol. The molecule has 0 fully saturated rings. The number of alkyl halides is 3. The van der Waals surface area contributed by atoms with Crippen molar-refractivity contribution in [3.8, 4) is 0 Å². The Morgan fingerprint density at radius 2 is 1.95 bits per heavy atom. The van der Waals surface area contributed by atoms with Gasteiger partial charge in [0.05, 0.1) is 29.4 Å². The summed E-state index contributed by atoms with van der Waals surface area (Å²) >= 11 is 0. The quantitative estimate of drug-likeness (QED) is 0.504. The van der Waals surface area contributed by atoms with Crippen molar-refractivity contribution >= 4 is 17.8 Å². The summed E-state index contributed by atoms with van der Waals surface area (Å²) in [5.74, 6) is -0.611. The molecule has 194 valence electrons. The topological polar surface area (TPSA) is 94.6 Å². The summed E-state index contributed by atoms with van der Waals surface area (Å²) in [6.07, 6.45) is -0.674. The summed E-state index contributed by atoms with van der Waals surface area (Å²) in [6.45, 7) is 4.44. The molecule has 1 aromatic heterocycles. The molecular weight excluding hydrogens is 487 g/mol. The minimum absolute atomic E-state index is 0.0578. The zero-order valence-electron chi connectivity index (χ0n) is 19.9. The Morgan fingerprint density at radius 1 is 1.19 bits per heavy atom. The van der Waals surface area contributed by atoms with Crippen molar-refractivity contribution in [2.24, 2.45) is 0 Å². The number of carbonyl (C=O) groups is 3. The first-order valence-corrected chi connectivity index (χ1v) is 11.7. The standard InChI is InChI=1S/C26H26F3N5O3/c1-2-14-34-20-16-33(15-11-21(35)31-13-10-19-5-3-4-12-30-19)24(36)22(20)23(32-25(34)37)17-6-8-18(9-7-17)26(27,28)29/h2-9,12,23H,1,10-11,13-16H2,(H,31,35)(H,32,37). The molecule has 2 aliphatic rings. The van der Waals surface area contributed by atoms with Gasteiger partial charge in [-0.2, -0.15) is 13.2 Å². The van der Waals surface area contributed by atoms with E-state index in [-0.39, 0.29) is 43.4 Å². The number of hydrogen-bond donors (Lipinski definition) is 2. The molecule has 2 aliphatic heterocycles. The van der Waals surface area contributed by atoms with Crippen molar-refractivity contribution in [2.75, 3.05) is 26.2 Å². The molecule has 1 atom stereocenters. The van der Waals surface area contributed by atoms with Crippen molar-refractivity contribution in [2.45, 2.75) is 25.1 Å². The molecule has 1 aromatic carbocycles. The Bertz CT molecular complexity index is 1210. The highest BCUT2D eigenvalue weighted by molar-refractivity contribution is 6.01. The van der Waals surface area contributed by atoms with Crippen molar-refractivity contribution in [3.63, 3.8) is 0 Å². The SMILES string of the molecule is C=CCN1C(=O)NC(c2ccc(C(F)(F)F)cc2)C2=C1CN(CCC(=O)NCCc1ccccn1)C2=O. The number of urea groups is 1. The van der Waals surface area contributed by atoms with Gasteiger partial charge in [0.25, 0.3) is 5.91 Å². The van der Waals surface area contributed by atoms with Crippen molar-refractivity contribution < 1.29 is 27.6 Å². The third kappa shape index (κ3) is 5.82. The lowest BCUT2D eigenvalue weighted by molar-refractivity contribution is -0.137. The minimum atomic E-state index is -4.50. The highest BCUT2D eigenvalue weighted by Gasteiger charge is 2.43. The van der Waals surface area contributed by atoms with Crippen LogP contribution in [0.2, 0.25) is 0 Å². The van der Waals surface area contributed by atoms with E-state index in [9.17, 15) is 27.6 Å². The molecule has 0 saturated heterocycles. The maximum Gasteiger partial charge on any atom is 0.416 e. The maximum atomic E-state index is 13.4. The number of hydrogen-bond acceptors (Lipinski definition) is 4. The second-order valence-corrected chi connectivity index (χ2v) is 8.66. The summed E-state index contributed by atoms with van der Waals surface area (Å²) in [6, 6.07) is 8.51. The predicted molar refractivity (Wildman–Crippen MR) is 129 cm³/mol. The van der Waals surface area contributed by atoms with Gasteiger partial charge in [-0.25, -0.2) is 4.79 Å². The number of carbonyl (C=O) groups excluding carboxylic acids is 3. The molecular formula is C26H26F3N5O3. The number of rotatable bonds is 9. The van der Waals surface area contributed by atoms with E-state index in [1.165, 1.54) is 28.0 Å². The van der Waals surface area contributed by atoms with Gasteiger partial charge in [-0.05, 0) is 29.8 Å². The van der Waals surface area contributed by atoms with Crippen LogP contribution in [-0.4, -0.2) is 58.8 Å². The van der Waals surface area contributed by atoms with Crippen LogP contribution >= 0.6 is 0 Å². The van der Waals surface area contributed by atoms with Crippen LogP contribution in [0.1, 0.15) is 29.3 Å². The molecule has 2 N–H and O–H groups in total. The average Bonchev–Trinajstić information content (AvgIpc) is 3.20. The van der Waals surface area contributed by atoms with Crippen LogP contribution < -0.4 is 10.6 Å². The van der Waals surface area contributed by atoms with Gasteiger partial charge in [-0.3, -0.25) is 19.5 Å². The first-order chi connectivity index (χ1) is 17.7. The molecule has 4 rings (SSSR count). The Balaban J connectivity index is 1.45. The summed E-state index contributed by atoms with van der Waals surface area (Å²) in [5, 5.41) is 5.53. The van der Waals surface area contributed by atoms with Crippen LogP contribution in [0.5, 0.6) is 0 Å². The van der Waals surface area contributed by atoms with Crippen molar-refractivity contribution in [3.05, 3.63) is 89.4 Å². The van der Waals surface area contributed by atoms with Gasteiger partial charge in [-0.1, -0.05) is 24.3 Å². The maximum absolute atomic E-state index is 13.4. The van der Waals surface area contributed by atoms with Crippen molar-refractivity contribution in [1.29, 1.82) is 0 Å². The molecule has 8 nitrogen and oxygen atoms in total. The number of nitrogens with one attached hydrogen (secondary N) is 2. The van der Waals surface area contributed by atoms with Crippen LogP contribution in [0.25, 0.3) is 0 Å². The number of pyridine rings is 1. The molecule has 0 saturated carbocycles. The van der Waals surface area contributed by atoms with E-state index in [1.807, 2.05) is 18.2 Å². The van der Waals surface area contributed by atoms with E-state index < -0.39 is 23.8 Å². The number of aromatic nitrogens is 1. The van der Waals surface area contributed by atoms with Gasteiger partial charge in [0.1, 0.15) is 0 Å². The Morgan fingerprint density at radius 3 is 2.59 bits per heavy atom. The van der Waals surface area contributed by atoms with Gasteiger partial charge in [0.2, 0.25) is 5.91 Å². The van der Waals surface area contributed by atoms with E-state index in [2.05, 4.69) is 22.2 Å². The second kappa shape index (κ2) is 10.9. The van der Waals surface area contributed by atoms with Crippen molar-refractivity contribution in [1.82, 2.24) is 25.4 Å². The van der Waals surface area contributed by atoms with Crippen LogP contribution in [0.4, 0.5) is 18.0 Å². The van der Waals surface area contributed by atoms with Crippen LogP contribution in [0, 0.1) is 0 Å². The van der Waals surface area contributed by atoms with E-state index >= 15 is 0 Å². The van der Waals surface area contributed by atoms with E-state index in [1.54, 1.807) is 6.20 Å². The Labute approximate surface area is 211 Å². The second-order valence-electron chi connectivity index (χ2n) is 8.66. The molecule has 3 heterocycles. The minimum Gasteiger partial charge on any atom is -0.356 e. The molecule has 0 radical (unpaired) electrons. The van der Waals surface area contributed by atoms with E-state index in [0.717, 1.165) is 17.8 Å². The third-order valence-corrected chi connectivity index (χ3v) is 6.22. The predicted octanol–water partition coefficient (Wildman–Crippen LogP) is 3.20. The molecule has 0 bridgehead atoms. The number of amides is 4. The molecule has 1 unspecified atom stereocenters. The van der Waals surface area contributed by atoms with E-state index in [4.69, 9.17) is 0 Å². The number of benzene rings is 1. The first kappa shape index (κ1) is 25.9. The number of nitrogens with zero attached hydrogens (tertiary/aromatic N) is 3. The molecule has 11 heteroatoms. The zero-order chi connectivity index (χ0) is 26.6. The highest BCUT2D eigenvalue weighted by atomic mass is 19.4. The van der Waals surface area contributed by atoms with Gasteiger partial charge in [-0.15, -0.1) is 6.58 Å². The molecule has 2 aromatic rings. The van der Waals surface area contributed by atoms with E-state index in [0.29, 0.717) is 24.2 Å². The van der Waals surface area contributed by atoms with Gasteiger partial charge >= 0.3 is 12.2 Å². The van der Waals surface area contributed by atoms with Crippen LogP contribution in [0.15, 0.2) is 72.6 Å². The Kier molecular flexibility index (Phi) is 7.61. The average molecular weight is 514 g/mol. The number of halogens is 3. The third-order valence-electron chi connectivity index (χ3n) is 6.22. The van der Waals surface area contributed by atoms with Crippen LogP contribution in [-0.2, 0) is 22.2 Å². The van der Waals surface area contributed by atoms with Gasteiger partial charge < -0.3 is 15.5 Å². The van der Waals surface area contributed by atoms with Gasteiger partial charge in [0, 0.05) is 44.4 Å². The summed E-state index contributed by atoms with van der Waals surface area (Å²) in [5.41, 5.74) is 1.11. The molecule has 37 heavy (non-hydrogen) atoms. The van der Waals surface area contributed by atoms with Gasteiger partial charge in [0.15, 0.2) is 0 Å². The largest absolute Gasteiger partial charge is 0.416 e. The summed E-state index contributed by atoms with van der Waals surface area (Å²) < 4.78 is 39.0. The summed E-state index contributed by atoms with van der Waals surface area (Å²) in [7, 11) is 0. The molecule has 4 amide bonds. The fraction of sp³-hybridized carbons (Fsp3) is 0.308.